The van der Waals surface area contributed by atoms with Gasteiger partial charge >= 0.3 is 6.18 Å². The number of halogens is 3. The molecular formula is C19H17F3N2O2S. The van der Waals surface area contributed by atoms with Crippen LogP contribution in [0.2, 0.25) is 0 Å². The maximum Gasteiger partial charge on any atom is 0.416 e. The van der Waals surface area contributed by atoms with E-state index >= 15 is 0 Å². The number of rotatable bonds is 4. The molecule has 0 radical (unpaired) electrons. The molecule has 1 aliphatic heterocycles. The number of nitrogens with zero attached hydrogens (tertiary/aromatic N) is 1. The van der Waals surface area contributed by atoms with Crippen LogP contribution in [-0.4, -0.2) is 24.6 Å². The third-order valence-electron chi connectivity index (χ3n) is 4.35. The van der Waals surface area contributed by atoms with Crippen LogP contribution in [0.5, 0.6) is 0 Å². The van der Waals surface area contributed by atoms with E-state index in [-0.39, 0.29) is 30.5 Å². The molecule has 4 nitrogen and oxygen atoms in total. The summed E-state index contributed by atoms with van der Waals surface area (Å²) in [5, 5.41) is 2.81. The lowest BCUT2D eigenvalue weighted by atomic mass is 10.1. The van der Waals surface area contributed by atoms with Gasteiger partial charge in [-0.2, -0.15) is 13.2 Å². The lowest BCUT2D eigenvalue weighted by Gasteiger charge is -2.18. The van der Waals surface area contributed by atoms with Crippen molar-refractivity contribution in [2.45, 2.75) is 17.5 Å². The third kappa shape index (κ3) is 4.27. The maximum absolute atomic E-state index is 12.9. The van der Waals surface area contributed by atoms with E-state index in [9.17, 15) is 22.8 Å². The number of benzene rings is 2. The van der Waals surface area contributed by atoms with Crippen LogP contribution in [0.3, 0.4) is 0 Å². The Kier molecular flexibility index (Phi) is 5.46. The summed E-state index contributed by atoms with van der Waals surface area (Å²) in [5.41, 5.74) is -0.0239. The van der Waals surface area contributed by atoms with Crippen LogP contribution in [0.25, 0.3) is 0 Å². The zero-order valence-electron chi connectivity index (χ0n) is 14.4. The summed E-state index contributed by atoms with van der Waals surface area (Å²) >= 11 is 1.48. The Bertz CT molecular complexity index is 870. The molecule has 2 amide bonds. The van der Waals surface area contributed by atoms with E-state index < -0.39 is 17.7 Å². The molecule has 1 atom stereocenters. The molecule has 1 N–H and O–H groups in total. The van der Waals surface area contributed by atoms with Crippen molar-refractivity contribution in [3.63, 3.8) is 0 Å². The number of hydrogen-bond donors (Lipinski definition) is 1. The first-order chi connectivity index (χ1) is 12.8. The highest BCUT2D eigenvalue weighted by molar-refractivity contribution is 7.98. The topological polar surface area (TPSA) is 49.4 Å². The smallest absolute Gasteiger partial charge is 0.325 e. The quantitative estimate of drug-likeness (QED) is 0.781. The van der Waals surface area contributed by atoms with E-state index in [2.05, 4.69) is 5.32 Å². The van der Waals surface area contributed by atoms with Crippen molar-refractivity contribution < 1.29 is 22.8 Å². The standard InChI is InChI=1S/C19H17F3N2O2S/c1-27-16-8-3-2-7-15(16)23-18(26)12-9-17(25)24(11-12)14-6-4-5-13(10-14)19(20,21)22/h2-8,10,12H,9,11H2,1H3,(H,23,26). The van der Waals surface area contributed by atoms with Gasteiger partial charge in [-0.3, -0.25) is 9.59 Å². The SMILES string of the molecule is CSc1ccccc1NC(=O)C1CC(=O)N(c2cccc(C(F)(F)F)c2)C1. The average molecular weight is 394 g/mol. The Morgan fingerprint density at radius 2 is 1.93 bits per heavy atom. The fourth-order valence-electron chi connectivity index (χ4n) is 2.97. The van der Waals surface area contributed by atoms with Crippen LogP contribution in [-0.2, 0) is 15.8 Å². The zero-order valence-corrected chi connectivity index (χ0v) is 15.2. The molecule has 1 saturated heterocycles. The highest BCUT2D eigenvalue weighted by Gasteiger charge is 2.37. The van der Waals surface area contributed by atoms with Crippen molar-refractivity contribution in [3.8, 4) is 0 Å². The van der Waals surface area contributed by atoms with E-state index in [1.54, 1.807) is 12.1 Å². The van der Waals surface area contributed by atoms with Crippen LogP contribution in [0.1, 0.15) is 12.0 Å². The Morgan fingerprint density at radius 3 is 2.63 bits per heavy atom. The lowest BCUT2D eigenvalue weighted by Crippen LogP contribution is -2.28. The molecule has 1 aliphatic rings. The normalized spacial score (nSPS) is 17.3. The average Bonchev–Trinajstić information content (AvgIpc) is 3.03. The largest absolute Gasteiger partial charge is 0.416 e. The predicted octanol–water partition coefficient (Wildman–Crippen LogP) is 4.42. The Hall–Kier alpha value is -2.48. The van der Waals surface area contributed by atoms with Crippen molar-refractivity contribution in [3.05, 3.63) is 54.1 Å². The highest BCUT2D eigenvalue weighted by atomic mass is 32.2. The van der Waals surface area contributed by atoms with Crippen molar-refractivity contribution >= 4 is 35.0 Å². The number of hydrogen-bond acceptors (Lipinski definition) is 3. The monoisotopic (exact) mass is 394 g/mol. The summed E-state index contributed by atoms with van der Waals surface area (Å²) in [7, 11) is 0. The van der Waals surface area contributed by atoms with Gasteiger partial charge < -0.3 is 10.2 Å². The highest BCUT2D eigenvalue weighted by Crippen LogP contribution is 2.34. The first kappa shape index (κ1) is 19.3. The second-order valence-electron chi connectivity index (χ2n) is 6.14. The molecule has 3 rings (SSSR count). The molecule has 1 unspecified atom stereocenters. The number of carbonyl (C=O) groups excluding carboxylic acids is 2. The number of anilines is 2. The predicted molar refractivity (Wildman–Crippen MR) is 98.8 cm³/mol. The molecule has 2 aromatic rings. The van der Waals surface area contributed by atoms with Crippen molar-refractivity contribution in [2.24, 2.45) is 5.92 Å². The zero-order chi connectivity index (χ0) is 19.6. The molecule has 27 heavy (non-hydrogen) atoms. The summed E-state index contributed by atoms with van der Waals surface area (Å²) in [4.78, 5) is 27.0. The Labute approximate surface area is 158 Å². The molecule has 0 aromatic heterocycles. The van der Waals surface area contributed by atoms with Gasteiger partial charge in [-0.25, -0.2) is 0 Å². The number of carbonyl (C=O) groups is 2. The minimum atomic E-state index is -4.49. The van der Waals surface area contributed by atoms with Gasteiger partial charge in [-0.15, -0.1) is 11.8 Å². The second-order valence-corrected chi connectivity index (χ2v) is 6.99. The summed E-state index contributed by atoms with van der Waals surface area (Å²) in [6, 6.07) is 11.9. The first-order valence-corrected chi connectivity index (χ1v) is 9.43. The van der Waals surface area contributed by atoms with Crippen LogP contribution < -0.4 is 10.2 Å². The van der Waals surface area contributed by atoms with E-state index in [4.69, 9.17) is 0 Å². The molecule has 1 heterocycles. The molecular weight excluding hydrogens is 377 g/mol. The van der Waals surface area contributed by atoms with Gasteiger partial charge in [0, 0.05) is 23.5 Å². The molecule has 142 valence electrons. The minimum absolute atomic E-state index is 0.0382. The van der Waals surface area contributed by atoms with Crippen LogP contribution >= 0.6 is 11.8 Å². The van der Waals surface area contributed by atoms with Crippen molar-refractivity contribution in [1.29, 1.82) is 0 Å². The number of alkyl halides is 3. The van der Waals surface area contributed by atoms with Gasteiger partial charge in [0.25, 0.3) is 0 Å². The van der Waals surface area contributed by atoms with Gasteiger partial charge in [-0.1, -0.05) is 18.2 Å². The van der Waals surface area contributed by atoms with E-state index in [0.29, 0.717) is 5.69 Å². The molecule has 0 spiro atoms. The van der Waals surface area contributed by atoms with Crippen molar-refractivity contribution in [1.82, 2.24) is 0 Å². The fraction of sp³-hybridized carbons (Fsp3) is 0.263. The number of amides is 2. The van der Waals surface area contributed by atoms with E-state index in [1.807, 2.05) is 18.4 Å². The molecule has 0 bridgehead atoms. The Morgan fingerprint density at radius 1 is 1.19 bits per heavy atom. The summed E-state index contributed by atoms with van der Waals surface area (Å²) in [5.74, 6) is -1.31. The summed E-state index contributed by atoms with van der Waals surface area (Å²) in [6.45, 7) is 0.0490. The van der Waals surface area contributed by atoms with Crippen molar-refractivity contribution in [2.75, 3.05) is 23.0 Å². The fourth-order valence-corrected chi connectivity index (χ4v) is 3.52. The Balaban J connectivity index is 1.75. The van der Waals surface area contributed by atoms with Gasteiger partial charge in [0.05, 0.1) is 17.2 Å². The van der Waals surface area contributed by atoms with Crippen LogP contribution in [0, 0.1) is 5.92 Å². The molecule has 8 heteroatoms. The molecule has 0 aliphatic carbocycles. The maximum atomic E-state index is 12.9. The molecule has 2 aromatic carbocycles. The number of para-hydroxylation sites is 1. The lowest BCUT2D eigenvalue weighted by molar-refractivity contribution is -0.137. The minimum Gasteiger partial charge on any atom is -0.325 e. The molecule has 0 saturated carbocycles. The van der Waals surface area contributed by atoms with Gasteiger partial charge in [-0.05, 0) is 36.6 Å². The van der Waals surface area contributed by atoms with E-state index in [1.165, 1.54) is 28.8 Å². The van der Waals surface area contributed by atoms with Crippen LogP contribution in [0.15, 0.2) is 53.4 Å². The van der Waals surface area contributed by atoms with E-state index in [0.717, 1.165) is 17.0 Å². The van der Waals surface area contributed by atoms with Gasteiger partial charge in [0.15, 0.2) is 0 Å². The number of nitrogens with one attached hydrogen (secondary N) is 1. The van der Waals surface area contributed by atoms with Gasteiger partial charge in [0.2, 0.25) is 11.8 Å². The first-order valence-electron chi connectivity index (χ1n) is 8.21. The van der Waals surface area contributed by atoms with Gasteiger partial charge in [0.1, 0.15) is 0 Å². The summed E-state index contributed by atoms with van der Waals surface area (Å²) < 4.78 is 38.7. The summed E-state index contributed by atoms with van der Waals surface area (Å²) in [6.07, 6.45) is -2.64. The second kappa shape index (κ2) is 7.64. The van der Waals surface area contributed by atoms with Crippen LogP contribution in [0.4, 0.5) is 24.5 Å². The third-order valence-corrected chi connectivity index (χ3v) is 5.14. The molecule has 1 fully saturated rings. The number of thioether (sulfide) groups is 1.